The molecule has 26 heavy (non-hydrogen) atoms. The van der Waals surface area contributed by atoms with E-state index in [1.54, 1.807) is 28.2 Å². The zero-order valence-electron chi connectivity index (χ0n) is 14.3. The van der Waals surface area contributed by atoms with Crippen LogP contribution in [0, 0.1) is 6.92 Å². The predicted octanol–water partition coefficient (Wildman–Crippen LogP) is 2.78. The highest BCUT2D eigenvalue weighted by atomic mass is 32.1. The second-order valence-electron chi connectivity index (χ2n) is 5.99. The molecule has 4 aromatic rings. The number of aromatic nitrogens is 5. The number of carbonyl (C=O) groups is 1. The largest absolute Gasteiger partial charge is 0.352 e. The monoisotopic (exact) mass is 366 g/mol. The molecule has 0 bridgehead atoms. The Kier molecular flexibility index (Phi) is 4.49. The lowest BCUT2D eigenvalue weighted by Crippen LogP contribution is -2.25. The summed E-state index contributed by atoms with van der Waals surface area (Å²) in [7, 11) is 0. The van der Waals surface area contributed by atoms with Crippen molar-refractivity contribution in [1.82, 2.24) is 29.7 Å². The third-order valence-corrected chi connectivity index (χ3v) is 4.92. The van der Waals surface area contributed by atoms with Crippen molar-refractivity contribution in [3.05, 3.63) is 59.5 Å². The zero-order chi connectivity index (χ0) is 17.9. The minimum atomic E-state index is -0.160. The van der Waals surface area contributed by atoms with E-state index in [-0.39, 0.29) is 5.91 Å². The van der Waals surface area contributed by atoms with E-state index in [1.165, 1.54) is 0 Å². The first-order chi connectivity index (χ1) is 12.7. The molecule has 0 fully saturated rings. The van der Waals surface area contributed by atoms with Gasteiger partial charge in [-0.25, -0.2) is 9.50 Å². The van der Waals surface area contributed by atoms with Gasteiger partial charge in [0.15, 0.2) is 5.65 Å². The van der Waals surface area contributed by atoms with Crippen LogP contribution in [0.4, 0.5) is 0 Å². The van der Waals surface area contributed by atoms with E-state index >= 15 is 0 Å². The van der Waals surface area contributed by atoms with Gasteiger partial charge < -0.3 is 5.32 Å². The maximum atomic E-state index is 12.5. The highest BCUT2D eigenvalue weighted by Crippen LogP contribution is 2.25. The Morgan fingerprint density at radius 2 is 2.19 bits per heavy atom. The molecule has 132 valence electrons. The van der Waals surface area contributed by atoms with Gasteiger partial charge in [-0.05, 0) is 36.4 Å². The second kappa shape index (κ2) is 7.09. The average molecular weight is 366 g/mol. The third-order valence-electron chi connectivity index (χ3n) is 4.03. The number of nitrogens with one attached hydrogen (secondary N) is 1. The molecule has 4 rings (SSSR count). The summed E-state index contributed by atoms with van der Waals surface area (Å²) in [6.07, 6.45) is 7.91. The van der Waals surface area contributed by atoms with Gasteiger partial charge in [-0.3, -0.25) is 9.48 Å². The number of fused-ring (bicyclic) bond motifs is 1. The molecule has 0 aliphatic carbocycles. The number of hydrogen-bond acceptors (Lipinski definition) is 5. The van der Waals surface area contributed by atoms with Gasteiger partial charge in [0.05, 0.1) is 23.0 Å². The Hall–Kier alpha value is -3.00. The quantitative estimate of drug-likeness (QED) is 0.532. The molecule has 0 aliphatic heterocycles. The number of aryl methyl sites for hydroxylation is 2. The van der Waals surface area contributed by atoms with Crippen LogP contribution in [0.1, 0.15) is 22.3 Å². The number of amides is 1. The first kappa shape index (κ1) is 16.5. The van der Waals surface area contributed by atoms with Gasteiger partial charge in [-0.2, -0.15) is 10.2 Å². The number of hydrogen-bond donors (Lipinski definition) is 1. The molecule has 0 aromatic carbocycles. The molecule has 1 amide bonds. The summed E-state index contributed by atoms with van der Waals surface area (Å²) in [5, 5.41) is 13.6. The fourth-order valence-electron chi connectivity index (χ4n) is 2.79. The summed E-state index contributed by atoms with van der Waals surface area (Å²) in [5.41, 5.74) is 3.11. The SMILES string of the molecule is Cc1cnn(CCCNC(=O)c2cnn3c(-c4cccs4)ccnc23)c1. The van der Waals surface area contributed by atoms with Gasteiger partial charge >= 0.3 is 0 Å². The van der Waals surface area contributed by atoms with E-state index in [9.17, 15) is 4.79 Å². The molecule has 0 radical (unpaired) electrons. The molecule has 0 atom stereocenters. The van der Waals surface area contributed by atoms with Crippen LogP contribution >= 0.6 is 11.3 Å². The topological polar surface area (TPSA) is 77.1 Å². The highest BCUT2D eigenvalue weighted by molar-refractivity contribution is 7.13. The van der Waals surface area contributed by atoms with Crippen LogP contribution in [0.5, 0.6) is 0 Å². The van der Waals surface area contributed by atoms with E-state index in [0.29, 0.717) is 17.8 Å². The molecule has 0 spiro atoms. The van der Waals surface area contributed by atoms with Gasteiger partial charge in [0, 0.05) is 25.5 Å². The molecule has 8 heteroatoms. The lowest BCUT2D eigenvalue weighted by atomic mass is 10.3. The van der Waals surface area contributed by atoms with E-state index in [0.717, 1.165) is 29.1 Å². The van der Waals surface area contributed by atoms with Crippen LogP contribution in [0.15, 0.2) is 48.4 Å². The number of carbonyl (C=O) groups excluding carboxylic acids is 1. The van der Waals surface area contributed by atoms with E-state index < -0.39 is 0 Å². The van der Waals surface area contributed by atoms with Crippen molar-refractivity contribution in [2.24, 2.45) is 0 Å². The van der Waals surface area contributed by atoms with Crippen molar-refractivity contribution in [3.63, 3.8) is 0 Å². The van der Waals surface area contributed by atoms with Crippen molar-refractivity contribution >= 4 is 22.9 Å². The van der Waals surface area contributed by atoms with Gasteiger partial charge in [-0.15, -0.1) is 11.3 Å². The number of rotatable bonds is 6. The standard InChI is InChI=1S/C18H18N6OS/c1-13-10-21-23(12-13)8-3-6-20-18(25)14-11-22-24-15(5-7-19-17(14)24)16-4-2-9-26-16/h2,4-5,7,9-12H,3,6,8H2,1H3,(H,20,25). The molecule has 0 saturated carbocycles. The summed E-state index contributed by atoms with van der Waals surface area (Å²) in [5.74, 6) is -0.160. The Bertz CT molecular complexity index is 1030. The zero-order valence-corrected chi connectivity index (χ0v) is 15.1. The molecule has 0 saturated heterocycles. The fourth-order valence-corrected chi connectivity index (χ4v) is 3.53. The van der Waals surface area contributed by atoms with Crippen molar-refractivity contribution in [3.8, 4) is 10.6 Å². The van der Waals surface area contributed by atoms with Gasteiger partial charge in [0.1, 0.15) is 5.56 Å². The molecule has 4 aromatic heterocycles. The van der Waals surface area contributed by atoms with Crippen LogP contribution in [-0.4, -0.2) is 36.8 Å². The molecule has 0 unspecified atom stereocenters. The Morgan fingerprint density at radius 3 is 2.96 bits per heavy atom. The first-order valence-electron chi connectivity index (χ1n) is 8.36. The van der Waals surface area contributed by atoms with Crippen LogP contribution in [0.25, 0.3) is 16.2 Å². The predicted molar refractivity (Wildman–Crippen MR) is 100 cm³/mol. The van der Waals surface area contributed by atoms with Crippen molar-refractivity contribution in [2.45, 2.75) is 19.9 Å². The van der Waals surface area contributed by atoms with Crippen molar-refractivity contribution < 1.29 is 4.79 Å². The molecular formula is C18H18N6OS. The van der Waals surface area contributed by atoms with Gasteiger partial charge in [0.2, 0.25) is 0 Å². The summed E-state index contributed by atoms with van der Waals surface area (Å²) in [6, 6.07) is 5.92. The molecule has 1 N–H and O–H groups in total. The normalized spacial score (nSPS) is 11.1. The van der Waals surface area contributed by atoms with Gasteiger partial charge in [0.25, 0.3) is 5.91 Å². The second-order valence-corrected chi connectivity index (χ2v) is 6.94. The molecule has 7 nitrogen and oxygen atoms in total. The maximum absolute atomic E-state index is 12.5. The van der Waals surface area contributed by atoms with Crippen molar-refractivity contribution in [2.75, 3.05) is 6.54 Å². The summed E-state index contributed by atoms with van der Waals surface area (Å²) < 4.78 is 3.60. The lowest BCUT2D eigenvalue weighted by Gasteiger charge is -2.05. The van der Waals surface area contributed by atoms with E-state index in [2.05, 4.69) is 20.5 Å². The minimum Gasteiger partial charge on any atom is -0.352 e. The van der Waals surface area contributed by atoms with Gasteiger partial charge in [-0.1, -0.05) is 6.07 Å². The molecular weight excluding hydrogens is 348 g/mol. The summed E-state index contributed by atoms with van der Waals surface area (Å²) in [6.45, 7) is 3.34. The maximum Gasteiger partial charge on any atom is 0.256 e. The van der Waals surface area contributed by atoms with Crippen molar-refractivity contribution in [1.29, 1.82) is 0 Å². The Morgan fingerprint density at radius 1 is 1.27 bits per heavy atom. The Labute approximate surface area is 154 Å². The lowest BCUT2D eigenvalue weighted by molar-refractivity contribution is 0.0954. The summed E-state index contributed by atoms with van der Waals surface area (Å²) >= 11 is 1.63. The minimum absolute atomic E-state index is 0.160. The molecule has 0 aliphatic rings. The fraction of sp³-hybridized carbons (Fsp3) is 0.222. The van der Waals surface area contributed by atoms with Crippen LogP contribution in [0.3, 0.4) is 0 Å². The van der Waals surface area contributed by atoms with E-state index in [4.69, 9.17) is 0 Å². The number of nitrogens with zero attached hydrogens (tertiary/aromatic N) is 5. The average Bonchev–Trinajstić information content (AvgIpc) is 3.38. The number of thiophene rings is 1. The third kappa shape index (κ3) is 3.23. The van der Waals surface area contributed by atoms with E-state index in [1.807, 2.05) is 47.6 Å². The molecule has 4 heterocycles. The first-order valence-corrected chi connectivity index (χ1v) is 9.24. The smallest absolute Gasteiger partial charge is 0.256 e. The van der Waals surface area contributed by atoms with Crippen LogP contribution < -0.4 is 5.32 Å². The summed E-state index contributed by atoms with van der Waals surface area (Å²) in [4.78, 5) is 17.9. The van der Waals surface area contributed by atoms with Crippen LogP contribution in [-0.2, 0) is 6.54 Å². The van der Waals surface area contributed by atoms with Crippen LogP contribution in [0.2, 0.25) is 0 Å². The highest BCUT2D eigenvalue weighted by Gasteiger charge is 2.16. The Balaban J connectivity index is 1.45.